The molecule has 1 saturated carbocycles. The lowest BCUT2D eigenvalue weighted by molar-refractivity contribution is -0.136. The van der Waals surface area contributed by atoms with E-state index in [1.807, 2.05) is 6.08 Å². The van der Waals surface area contributed by atoms with Gasteiger partial charge in [0.25, 0.3) is 0 Å². The van der Waals surface area contributed by atoms with E-state index in [-0.39, 0.29) is 41.2 Å². The monoisotopic (exact) mass is 342 g/mol. The first kappa shape index (κ1) is 14.7. The predicted octanol–water partition coefficient (Wildman–Crippen LogP) is 2.10. The van der Waals surface area contributed by atoms with Crippen molar-refractivity contribution in [2.24, 2.45) is 17.3 Å². The van der Waals surface area contributed by atoms with Gasteiger partial charge in [0.1, 0.15) is 18.3 Å². The number of epoxide rings is 2. The number of ketones is 1. The molecule has 2 spiro atoms. The van der Waals surface area contributed by atoms with Gasteiger partial charge in [0.15, 0.2) is 11.4 Å². The van der Waals surface area contributed by atoms with E-state index in [0.717, 1.165) is 29.6 Å². The van der Waals surface area contributed by atoms with E-state index in [0.29, 0.717) is 13.0 Å². The second kappa shape index (κ2) is 3.94. The van der Waals surface area contributed by atoms with Gasteiger partial charge >= 0.3 is 5.97 Å². The van der Waals surface area contributed by atoms with E-state index in [9.17, 15) is 9.59 Å². The average Bonchev–Trinajstić information content (AvgIpc) is 3.44. The maximum absolute atomic E-state index is 13.3. The number of hydrogen-bond donors (Lipinski definition) is 0. The lowest BCUT2D eigenvalue weighted by atomic mass is 9.48. The van der Waals surface area contributed by atoms with E-state index in [2.05, 4.69) is 20.8 Å². The van der Waals surface area contributed by atoms with Crippen molar-refractivity contribution in [3.63, 3.8) is 0 Å². The highest BCUT2D eigenvalue weighted by atomic mass is 16.7. The molecule has 0 bridgehead atoms. The van der Waals surface area contributed by atoms with E-state index in [4.69, 9.17) is 14.2 Å². The Balaban J connectivity index is 1.51. The molecule has 0 aromatic heterocycles. The van der Waals surface area contributed by atoms with Crippen molar-refractivity contribution >= 4 is 11.8 Å². The van der Waals surface area contributed by atoms with E-state index in [1.165, 1.54) is 0 Å². The first-order chi connectivity index (χ1) is 11.9. The zero-order valence-electron chi connectivity index (χ0n) is 14.8. The van der Waals surface area contributed by atoms with Gasteiger partial charge in [-0.2, -0.15) is 0 Å². The summed E-state index contributed by atoms with van der Waals surface area (Å²) >= 11 is 0. The van der Waals surface area contributed by atoms with Crippen molar-refractivity contribution in [2.75, 3.05) is 6.61 Å². The Kier molecular flexibility index (Phi) is 2.31. The summed E-state index contributed by atoms with van der Waals surface area (Å²) < 4.78 is 17.8. The van der Waals surface area contributed by atoms with E-state index >= 15 is 0 Å². The number of ether oxygens (including phenoxy) is 3. The molecule has 3 aliphatic heterocycles. The van der Waals surface area contributed by atoms with Gasteiger partial charge < -0.3 is 14.2 Å². The molecule has 25 heavy (non-hydrogen) atoms. The van der Waals surface area contributed by atoms with E-state index < -0.39 is 11.2 Å². The summed E-state index contributed by atoms with van der Waals surface area (Å²) in [6.07, 6.45) is 4.27. The molecule has 0 aromatic rings. The van der Waals surface area contributed by atoms with Gasteiger partial charge in [-0.3, -0.25) is 4.79 Å². The Hall–Kier alpha value is -1.46. The third-order valence-electron chi connectivity index (χ3n) is 7.86. The molecule has 0 N–H and O–H groups in total. The van der Waals surface area contributed by atoms with Crippen LogP contribution in [0.25, 0.3) is 0 Å². The smallest absolute Gasteiger partial charge is 0.334 e. The van der Waals surface area contributed by atoms with E-state index in [1.54, 1.807) is 0 Å². The molecule has 0 unspecified atom stereocenters. The second-order valence-electron chi connectivity index (χ2n) is 9.01. The van der Waals surface area contributed by atoms with Crippen LogP contribution in [0.2, 0.25) is 0 Å². The third-order valence-corrected chi connectivity index (χ3v) is 7.86. The highest BCUT2D eigenvalue weighted by molar-refractivity contribution is 6.08. The molecule has 2 saturated heterocycles. The predicted molar refractivity (Wildman–Crippen MR) is 86.6 cm³/mol. The number of esters is 1. The van der Waals surface area contributed by atoms with Crippen LogP contribution in [0.15, 0.2) is 22.8 Å². The van der Waals surface area contributed by atoms with Gasteiger partial charge in [-0.25, -0.2) is 4.79 Å². The molecular weight excluding hydrogens is 320 g/mol. The maximum Gasteiger partial charge on any atom is 0.334 e. The molecule has 3 fully saturated rings. The van der Waals surface area contributed by atoms with Gasteiger partial charge in [0.2, 0.25) is 0 Å². The summed E-state index contributed by atoms with van der Waals surface area (Å²) in [7, 11) is 0. The van der Waals surface area contributed by atoms with Crippen LogP contribution in [-0.2, 0) is 23.8 Å². The lowest BCUT2D eigenvalue weighted by Crippen LogP contribution is -2.63. The van der Waals surface area contributed by atoms with Crippen molar-refractivity contribution in [2.45, 2.75) is 63.4 Å². The zero-order chi connectivity index (χ0) is 17.4. The Bertz CT molecular complexity index is 822. The maximum atomic E-state index is 13.3. The van der Waals surface area contributed by atoms with Crippen LogP contribution in [0.4, 0.5) is 0 Å². The number of Topliss-reactive ketones (excluding diaryl/α,β-unsaturated/α-hetero) is 1. The fourth-order valence-corrected chi connectivity index (χ4v) is 6.53. The van der Waals surface area contributed by atoms with Crippen LogP contribution in [0.5, 0.6) is 0 Å². The molecule has 6 rings (SSSR count). The minimum atomic E-state index is -0.779. The number of carbonyl (C=O) groups excluding carboxylic acids is 2. The Morgan fingerprint density at radius 2 is 2.04 bits per heavy atom. The summed E-state index contributed by atoms with van der Waals surface area (Å²) in [4.78, 5) is 25.3. The topological polar surface area (TPSA) is 68.4 Å². The number of rotatable bonds is 1. The van der Waals surface area contributed by atoms with Crippen LogP contribution >= 0.6 is 0 Å². The van der Waals surface area contributed by atoms with Gasteiger partial charge in [-0.05, 0) is 48.3 Å². The average molecular weight is 342 g/mol. The Morgan fingerprint density at radius 1 is 1.24 bits per heavy atom. The van der Waals surface area contributed by atoms with Crippen molar-refractivity contribution < 1.29 is 23.8 Å². The quantitative estimate of drug-likeness (QED) is 0.539. The minimum Gasteiger partial charge on any atom is -0.458 e. The molecule has 3 aliphatic carbocycles. The lowest BCUT2D eigenvalue weighted by Gasteiger charge is -2.51. The van der Waals surface area contributed by atoms with Crippen LogP contribution in [0, 0.1) is 17.3 Å². The van der Waals surface area contributed by atoms with Gasteiger partial charge in [-0.15, -0.1) is 0 Å². The Labute approximate surface area is 146 Å². The number of cyclic esters (lactones) is 1. The van der Waals surface area contributed by atoms with Crippen LogP contribution < -0.4 is 0 Å². The highest BCUT2D eigenvalue weighted by Gasteiger charge is 2.92. The first-order valence-corrected chi connectivity index (χ1v) is 9.38. The summed E-state index contributed by atoms with van der Waals surface area (Å²) in [6, 6.07) is 0. The van der Waals surface area contributed by atoms with Crippen molar-refractivity contribution in [3.8, 4) is 0 Å². The summed E-state index contributed by atoms with van der Waals surface area (Å²) in [5.41, 5.74) is 1.35. The first-order valence-electron chi connectivity index (χ1n) is 9.38. The summed E-state index contributed by atoms with van der Waals surface area (Å²) in [5, 5.41) is 0. The molecule has 0 amide bonds. The second-order valence-corrected chi connectivity index (χ2v) is 9.01. The van der Waals surface area contributed by atoms with Gasteiger partial charge in [-0.1, -0.05) is 20.8 Å². The SMILES string of the molecule is CC(C)C1=C[C@H]2O[C@]23[C@@]2(C)CCC4=C(COC4=O)[C@@H]2C[C@@H]2O[C@@]23C1=O. The molecule has 6 aliphatic rings. The number of carbonyl (C=O) groups is 2. The molecule has 5 heteroatoms. The van der Waals surface area contributed by atoms with Crippen molar-refractivity contribution in [1.82, 2.24) is 0 Å². The van der Waals surface area contributed by atoms with Crippen LogP contribution in [0.1, 0.15) is 40.0 Å². The fraction of sp³-hybridized carbons (Fsp3) is 0.700. The normalized spacial score (nSPS) is 51.8. The molecule has 0 aromatic carbocycles. The summed E-state index contributed by atoms with van der Waals surface area (Å²) in [6.45, 7) is 6.75. The van der Waals surface area contributed by atoms with Crippen molar-refractivity contribution in [3.05, 3.63) is 22.8 Å². The van der Waals surface area contributed by atoms with Crippen LogP contribution in [-0.4, -0.2) is 41.8 Å². The van der Waals surface area contributed by atoms with Crippen molar-refractivity contribution in [1.29, 1.82) is 0 Å². The standard InChI is InChI=1S/C20H22O5/c1-9(2)11-6-15-20(25-15)18(3)5-4-10-12(8-23-17(10)22)13(18)7-14-19(20,24-14)16(11)21/h6,9,13-15H,4-5,7-8H2,1-3H3/t13-,14-,15+,18-,19+,20-/m0/s1. The molecule has 5 nitrogen and oxygen atoms in total. The molecule has 3 heterocycles. The van der Waals surface area contributed by atoms with Gasteiger partial charge in [0, 0.05) is 11.0 Å². The summed E-state index contributed by atoms with van der Waals surface area (Å²) in [5.74, 6) is 0.369. The molecular formula is C20H22O5. The number of hydrogen-bond acceptors (Lipinski definition) is 5. The Morgan fingerprint density at radius 3 is 2.80 bits per heavy atom. The highest BCUT2D eigenvalue weighted by Crippen LogP contribution is 2.77. The minimum absolute atomic E-state index is 0.0411. The number of fused-ring (bicyclic) bond motifs is 2. The van der Waals surface area contributed by atoms with Crippen LogP contribution in [0.3, 0.4) is 0 Å². The fourth-order valence-electron chi connectivity index (χ4n) is 6.53. The van der Waals surface area contributed by atoms with Gasteiger partial charge in [0.05, 0.1) is 6.10 Å². The zero-order valence-corrected chi connectivity index (χ0v) is 14.8. The molecule has 132 valence electrons. The molecule has 0 radical (unpaired) electrons. The molecule has 6 atom stereocenters. The third kappa shape index (κ3) is 1.30. The largest absolute Gasteiger partial charge is 0.458 e.